The Morgan fingerprint density at radius 1 is 0.929 bits per heavy atom. The quantitative estimate of drug-likeness (QED) is 0.448. The summed E-state index contributed by atoms with van der Waals surface area (Å²) in [6.07, 6.45) is 4.29. The maximum absolute atomic E-state index is 9.92. The molecule has 0 saturated carbocycles. The van der Waals surface area contributed by atoms with Crippen molar-refractivity contribution in [2.24, 2.45) is 11.8 Å². The van der Waals surface area contributed by atoms with Gasteiger partial charge in [0.15, 0.2) is 0 Å². The Morgan fingerprint density at radius 2 is 1.61 bits per heavy atom. The first-order chi connectivity index (χ1) is 13.3. The van der Waals surface area contributed by atoms with Crippen LogP contribution in [0.3, 0.4) is 0 Å². The molecule has 1 aromatic rings. The van der Waals surface area contributed by atoms with Crippen LogP contribution in [0.2, 0.25) is 0 Å². The van der Waals surface area contributed by atoms with Crippen LogP contribution in [0.4, 0.5) is 0 Å². The van der Waals surface area contributed by atoms with Crippen molar-refractivity contribution >= 4 is 0 Å². The van der Waals surface area contributed by atoms with E-state index < -0.39 is 6.10 Å². The zero-order valence-corrected chi connectivity index (χ0v) is 18.9. The highest BCUT2D eigenvalue weighted by Gasteiger charge is 2.12. The zero-order chi connectivity index (χ0) is 20.9. The van der Waals surface area contributed by atoms with E-state index in [0.717, 1.165) is 37.5 Å². The topological polar surface area (TPSA) is 50.7 Å². The molecule has 2 atom stereocenters. The fourth-order valence-electron chi connectivity index (χ4n) is 3.03. The van der Waals surface area contributed by atoms with Gasteiger partial charge in [-0.3, -0.25) is 0 Å². The molecule has 0 heterocycles. The maximum Gasteiger partial charge on any atom is 0.119 e. The van der Waals surface area contributed by atoms with Gasteiger partial charge >= 0.3 is 0 Å². The summed E-state index contributed by atoms with van der Waals surface area (Å²) >= 11 is 0. The summed E-state index contributed by atoms with van der Waals surface area (Å²) in [6, 6.07) is 8.48. The molecule has 1 rings (SSSR count). The fourth-order valence-corrected chi connectivity index (χ4v) is 3.03. The first kappa shape index (κ1) is 24.9. The monoisotopic (exact) mass is 393 g/mol. The smallest absolute Gasteiger partial charge is 0.119 e. The molecule has 0 aliphatic heterocycles. The summed E-state index contributed by atoms with van der Waals surface area (Å²) in [5, 5.41) is 13.1. The van der Waals surface area contributed by atoms with Gasteiger partial charge in [0.2, 0.25) is 0 Å². The van der Waals surface area contributed by atoms with Gasteiger partial charge < -0.3 is 19.9 Å². The highest BCUT2D eigenvalue weighted by atomic mass is 16.5. The minimum atomic E-state index is -0.501. The van der Waals surface area contributed by atoms with Crippen molar-refractivity contribution in [1.82, 2.24) is 5.32 Å². The predicted octanol–water partition coefficient (Wildman–Crippen LogP) is 4.83. The van der Waals surface area contributed by atoms with Crippen molar-refractivity contribution in [2.75, 3.05) is 19.8 Å². The fraction of sp³-hybridized carbons (Fsp3) is 0.750. The van der Waals surface area contributed by atoms with E-state index in [1.807, 2.05) is 12.1 Å². The van der Waals surface area contributed by atoms with E-state index in [4.69, 9.17) is 9.47 Å². The van der Waals surface area contributed by atoms with Crippen LogP contribution in [-0.2, 0) is 11.2 Å². The summed E-state index contributed by atoms with van der Waals surface area (Å²) in [5.41, 5.74) is 1.25. The normalized spacial score (nSPS) is 14.1. The molecule has 0 aliphatic rings. The van der Waals surface area contributed by atoms with E-state index in [2.05, 4.69) is 59.0 Å². The molecule has 2 N–H and O–H groups in total. The van der Waals surface area contributed by atoms with E-state index in [1.54, 1.807) is 0 Å². The minimum absolute atomic E-state index is 0.301. The van der Waals surface area contributed by atoms with Crippen LogP contribution >= 0.6 is 0 Å². The van der Waals surface area contributed by atoms with Crippen molar-refractivity contribution in [3.8, 4) is 5.75 Å². The van der Waals surface area contributed by atoms with E-state index in [1.165, 1.54) is 12.0 Å². The average molecular weight is 394 g/mol. The lowest BCUT2D eigenvalue weighted by Gasteiger charge is -2.21. The number of hydrogen-bond acceptors (Lipinski definition) is 4. The van der Waals surface area contributed by atoms with Gasteiger partial charge in [0.25, 0.3) is 0 Å². The molecule has 1 unspecified atom stereocenters. The van der Waals surface area contributed by atoms with Crippen LogP contribution in [0.25, 0.3) is 0 Å². The number of benzene rings is 1. The SMILES string of the molecule is CC(C)CC[C@H](CC(C)C)OCCc1ccc(OCC(O)CNC(C)C)cc1. The Kier molecular flexibility index (Phi) is 12.4. The summed E-state index contributed by atoms with van der Waals surface area (Å²) in [6.45, 7) is 14.8. The number of nitrogens with one attached hydrogen (secondary N) is 1. The zero-order valence-electron chi connectivity index (χ0n) is 18.9. The van der Waals surface area contributed by atoms with Gasteiger partial charge in [-0.25, -0.2) is 0 Å². The van der Waals surface area contributed by atoms with Gasteiger partial charge in [-0.1, -0.05) is 53.7 Å². The Labute approximate surface area is 173 Å². The number of hydrogen-bond donors (Lipinski definition) is 2. The van der Waals surface area contributed by atoms with E-state index in [9.17, 15) is 5.11 Å². The Morgan fingerprint density at radius 3 is 2.18 bits per heavy atom. The van der Waals surface area contributed by atoms with E-state index >= 15 is 0 Å². The van der Waals surface area contributed by atoms with Crippen LogP contribution in [-0.4, -0.2) is 43.1 Å². The Bertz CT molecular complexity index is 499. The summed E-state index contributed by atoms with van der Waals surface area (Å²) < 4.78 is 11.9. The van der Waals surface area contributed by atoms with Gasteiger partial charge in [0, 0.05) is 12.6 Å². The first-order valence-electron chi connectivity index (χ1n) is 11.0. The Balaban J connectivity index is 2.34. The lowest BCUT2D eigenvalue weighted by Crippen LogP contribution is -2.35. The van der Waals surface area contributed by atoms with Crippen molar-refractivity contribution < 1.29 is 14.6 Å². The Hall–Kier alpha value is -1.10. The summed E-state index contributed by atoms with van der Waals surface area (Å²) in [5.74, 6) is 2.19. The predicted molar refractivity (Wildman–Crippen MR) is 118 cm³/mol. The molecule has 0 saturated heterocycles. The van der Waals surface area contributed by atoms with Crippen LogP contribution < -0.4 is 10.1 Å². The summed E-state index contributed by atoms with van der Waals surface area (Å²) in [7, 11) is 0. The molecule has 4 nitrogen and oxygen atoms in total. The van der Waals surface area contributed by atoms with E-state index in [-0.39, 0.29) is 0 Å². The van der Waals surface area contributed by atoms with Gasteiger partial charge in [-0.2, -0.15) is 0 Å². The highest BCUT2D eigenvalue weighted by Crippen LogP contribution is 2.18. The summed E-state index contributed by atoms with van der Waals surface area (Å²) in [4.78, 5) is 0. The van der Waals surface area contributed by atoms with Crippen molar-refractivity contribution in [1.29, 1.82) is 0 Å². The third kappa shape index (κ3) is 12.4. The molecular weight excluding hydrogens is 350 g/mol. The average Bonchev–Trinajstić information content (AvgIpc) is 2.63. The van der Waals surface area contributed by atoms with Crippen LogP contribution in [0.1, 0.15) is 66.4 Å². The number of rotatable bonds is 15. The molecule has 162 valence electrons. The van der Waals surface area contributed by atoms with E-state index in [0.29, 0.717) is 31.2 Å². The maximum atomic E-state index is 9.92. The van der Waals surface area contributed by atoms with Crippen molar-refractivity contribution in [3.63, 3.8) is 0 Å². The molecule has 28 heavy (non-hydrogen) atoms. The molecule has 0 bridgehead atoms. The van der Waals surface area contributed by atoms with Crippen LogP contribution in [0.15, 0.2) is 24.3 Å². The molecule has 0 radical (unpaired) electrons. The first-order valence-corrected chi connectivity index (χ1v) is 11.0. The number of aliphatic hydroxyl groups is 1. The molecule has 0 fully saturated rings. The molecular formula is C24H43NO3. The van der Waals surface area contributed by atoms with Crippen LogP contribution in [0, 0.1) is 11.8 Å². The van der Waals surface area contributed by atoms with Gasteiger partial charge in [-0.05, 0) is 55.2 Å². The molecule has 0 spiro atoms. The van der Waals surface area contributed by atoms with Gasteiger partial charge in [-0.15, -0.1) is 0 Å². The molecule has 0 amide bonds. The number of aliphatic hydroxyl groups excluding tert-OH is 1. The third-order valence-electron chi connectivity index (χ3n) is 4.67. The van der Waals surface area contributed by atoms with Gasteiger partial charge in [0.05, 0.1) is 12.7 Å². The lowest BCUT2D eigenvalue weighted by molar-refractivity contribution is 0.0320. The van der Waals surface area contributed by atoms with Crippen LogP contribution in [0.5, 0.6) is 5.75 Å². The highest BCUT2D eigenvalue weighted by molar-refractivity contribution is 5.27. The largest absolute Gasteiger partial charge is 0.491 e. The molecule has 0 aromatic heterocycles. The van der Waals surface area contributed by atoms with Crippen molar-refractivity contribution in [3.05, 3.63) is 29.8 Å². The third-order valence-corrected chi connectivity index (χ3v) is 4.67. The second kappa shape index (κ2) is 14.0. The lowest BCUT2D eigenvalue weighted by atomic mass is 9.98. The standard InChI is InChI=1S/C24H43NO3/c1-18(2)7-10-24(15-19(3)4)27-14-13-21-8-11-23(12-9-21)28-17-22(26)16-25-20(5)6/h8-9,11-12,18-20,22,24-26H,7,10,13-17H2,1-6H3/t22?,24-/m1/s1. The van der Waals surface area contributed by atoms with Crippen molar-refractivity contribution in [2.45, 2.75) is 85.5 Å². The molecule has 4 heteroatoms. The second-order valence-electron chi connectivity index (χ2n) is 9.02. The molecule has 0 aliphatic carbocycles. The number of ether oxygens (including phenoxy) is 2. The minimum Gasteiger partial charge on any atom is -0.491 e. The second-order valence-corrected chi connectivity index (χ2v) is 9.02. The van der Waals surface area contributed by atoms with Gasteiger partial charge in [0.1, 0.15) is 18.5 Å². The molecule has 1 aromatic carbocycles.